The fraction of sp³-hybridized carbons (Fsp3) is 0.222. The molecule has 0 radical (unpaired) electrons. The van der Waals surface area contributed by atoms with Crippen molar-refractivity contribution in [2.75, 3.05) is 0 Å². The molecule has 2 nitrogen and oxygen atoms in total. The van der Waals surface area contributed by atoms with Gasteiger partial charge in [0.05, 0.1) is 4.47 Å². The molecule has 0 unspecified atom stereocenters. The van der Waals surface area contributed by atoms with Crippen molar-refractivity contribution in [3.05, 3.63) is 28.2 Å². The maximum absolute atomic E-state index is 11.9. The number of hydrogen-bond acceptors (Lipinski definition) is 2. The van der Waals surface area contributed by atoms with Gasteiger partial charge in [0.1, 0.15) is 12.0 Å². The van der Waals surface area contributed by atoms with E-state index in [4.69, 9.17) is 0 Å². The Morgan fingerprint density at radius 2 is 2.07 bits per heavy atom. The van der Waals surface area contributed by atoms with Crippen LogP contribution in [0.4, 0.5) is 13.2 Å². The molecule has 6 heteroatoms. The molecule has 1 aromatic rings. The van der Waals surface area contributed by atoms with Gasteiger partial charge in [-0.3, -0.25) is 0 Å². The van der Waals surface area contributed by atoms with Crippen LogP contribution in [-0.4, -0.2) is 12.6 Å². The third-order valence-electron chi connectivity index (χ3n) is 1.54. The highest BCUT2D eigenvalue weighted by atomic mass is 79.9. The number of rotatable bonds is 3. The molecule has 0 heterocycles. The first-order valence-corrected chi connectivity index (χ1v) is 4.69. The zero-order valence-corrected chi connectivity index (χ0v) is 8.93. The van der Waals surface area contributed by atoms with E-state index in [2.05, 4.69) is 20.7 Å². The third-order valence-corrected chi connectivity index (χ3v) is 2.20. The molecule has 0 aliphatic rings. The number of alkyl halides is 3. The minimum Gasteiger partial charge on any atom is -0.405 e. The number of aldehydes is 1. The fourth-order valence-electron chi connectivity index (χ4n) is 0.974. The van der Waals surface area contributed by atoms with Crippen LogP contribution in [0.15, 0.2) is 22.7 Å². The second-order valence-corrected chi connectivity index (χ2v) is 3.54. The second kappa shape index (κ2) is 4.65. The summed E-state index contributed by atoms with van der Waals surface area (Å²) in [5.74, 6) is -0.346. The molecule has 0 aliphatic heterocycles. The van der Waals surface area contributed by atoms with Crippen molar-refractivity contribution < 1.29 is 22.7 Å². The summed E-state index contributed by atoms with van der Waals surface area (Å²) >= 11 is 2.92. The molecule has 15 heavy (non-hydrogen) atoms. The fourth-order valence-corrected chi connectivity index (χ4v) is 1.30. The summed E-state index contributed by atoms with van der Waals surface area (Å²) < 4.78 is 39.7. The molecule has 0 spiro atoms. The van der Waals surface area contributed by atoms with E-state index in [1.807, 2.05) is 0 Å². The lowest BCUT2D eigenvalue weighted by Crippen LogP contribution is -2.17. The topological polar surface area (TPSA) is 26.3 Å². The highest BCUT2D eigenvalue weighted by Gasteiger charge is 2.31. The Morgan fingerprint density at radius 3 is 2.60 bits per heavy atom. The number of halogens is 4. The van der Waals surface area contributed by atoms with Gasteiger partial charge in [-0.15, -0.1) is 13.2 Å². The molecule has 0 bridgehead atoms. The second-order valence-electron chi connectivity index (χ2n) is 2.68. The van der Waals surface area contributed by atoms with E-state index < -0.39 is 6.36 Å². The van der Waals surface area contributed by atoms with Crippen LogP contribution < -0.4 is 4.74 Å². The number of hydrogen-bond donors (Lipinski definition) is 0. The quantitative estimate of drug-likeness (QED) is 0.797. The van der Waals surface area contributed by atoms with E-state index in [9.17, 15) is 18.0 Å². The Kier molecular flexibility index (Phi) is 3.73. The molecule has 0 fully saturated rings. The van der Waals surface area contributed by atoms with Gasteiger partial charge in [0, 0.05) is 6.42 Å². The van der Waals surface area contributed by atoms with Gasteiger partial charge in [0.25, 0.3) is 0 Å². The van der Waals surface area contributed by atoms with Crippen molar-refractivity contribution in [3.8, 4) is 5.75 Å². The molecule has 0 aromatic heterocycles. The zero-order valence-electron chi connectivity index (χ0n) is 7.34. The lowest BCUT2D eigenvalue weighted by Gasteiger charge is -2.11. The van der Waals surface area contributed by atoms with Gasteiger partial charge in [-0.2, -0.15) is 0 Å². The number of carbonyl (C=O) groups is 1. The molecule has 1 rings (SSSR count). The monoisotopic (exact) mass is 282 g/mol. The molecule has 82 valence electrons. The standard InChI is InChI=1S/C9H6BrF3O2/c10-7-2-1-6(3-4-14)5-8(7)15-9(11,12)13/h1-2,4-5H,3H2. The minimum atomic E-state index is -4.73. The third kappa shape index (κ3) is 3.91. The van der Waals surface area contributed by atoms with Crippen LogP contribution in [0.3, 0.4) is 0 Å². The minimum absolute atomic E-state index is 0.0570. The summed E-state index contributed by atoms with van der Waals surface area (Å²) in [5.41, 5.74) is 0.465. The summed E-state index contributed by atoms with van der Waals surface area (Å²) in [4.78, 5) is 10.2. The normalized spacial score (nSPS) is 11.2. The molecule has 0 saturated carbocycles. The van der Waals surface area contributed by atoms with Crippen molar-refractivity contribution in [2.24, 2.45) is 0 Å². The average molecular weight is 283 g/mol. The van der Waals surface area contributed by atoms with E-state index in [-0.39, 0.29) is 16.6 Å². The highest BCUT2D eigenvalue weighted by molar-refractivity contribution is 9.10. The molecule has 0 saturated heterocycles. The highest BCUT2D eigenvalue weighted by Crippen LogP contribution is 2.31. The van der Waals surface area contributed by atoms with E-state index >= 15 is 0 Å². The van der Waals surface area contributed by atoms with E-state index in [0.717, 1.165) is 0 Å². The molecule has 1 aromatic carbocycles. The van der Waals surface area contributed by atoms with Crippen LogP contribution in [0, 0.1) is 0 Å². The first-order chi connectivity index (χ1) is 6.92. The molecule has 0 amide bonds. The Labute approximate surface area is 92.2 Å². The Morgan fingerprint density at radius 1 is 1.40 bits per heavy atom. The Bertz CT molecular complexity index is 363. The van der Waals surface area contributed by atoms with Crippen LogP contribution in [0.5, 0.6) is 5.75 Å². The van der Waals surface area contributed by atoms with Crippen LogP contribution in [-0.2, 0) is 11.2 Å². The summed E-state index contributed by atoms with van der Waals surface area (Å²) in [6, 6.07) is 4.12. The predicted octanol–water partition coefficient (Wildman–Crippen LogP) is 3.09. The number of benzene rings is 1. The lowest BCUT2D eigenvalue weighted by molar-refractivity contribution is -0.274. The van der Waals surface area contributed by atoms with Crippen LogP contribution in [0.2, 0.25) is 0 Å². The van der Waals surface area contributed by atoms with Crippen molar-refractivity contribution >= 4 is 22.2 Å². The van der Waals surface area contributed by atoms with Crippen LogP contribution in [0.25, 0.3) is 0 Å². The van der Waals surface area contributed by atoms with Gasteiger partial charge in [-0.1, -0.05) is 6.07 Å². The molecule has 0 atom stereocenters. The SMILES string of the molecule is O=CCc1ccc(Br)c(OC(F)(F)F)c1. The zero-order chi connectivity index (χ0) is 11.5. The number of ether oxygens (including phenoxy) is 1. The van der Waals surface area contributed by atoms with Crippen molar-refractivity contribution in [1.29, 1.82) is 0 Å². The first-order valence-electron chi connectivity index (χ1n) is 3.90. The lowest BCUT2D eigenvalue weighted by atomic mass is 10.1. The maximum Gasteiger partial charge on any atom is 0.573 e. The molecule has 0 aliphatic carbocycles. The Hall–Kier alpha value is -1.04. The van der Waals surface area contributed by atoms with E-state index in [1.165, 1.54) is 12.1 Å². The average Bonchev–Trinajstić information content (AvgIpc) is 2.09. The van der Waals surface area contributed by atoms with Gasteiger partial charge >= 0.3 is 6.36 Å². The molecular weight excluding hydrogens is 277 g/mol. The van der Waals surface area contributed by atoms with Gasteiger partial charge < -0.3 is 9.53 Å². The molecule has 0 N–H and O–H groups in total. The van der Waals surface area contributed by atoms with E-state index in [1.54, 1.807) is 6.07 Å². The molecular formula is C9H6BrF3O2. The van der Waals surface area contributed by atoms with E-state index in [0.29, 0.717) is 11.8 Å². The largest absolute Gasteiger partial charge is 0.573 e. The van der Waals surface area contributed by atoms with Gasteiger partial charge in [-0.25, -0.2) is 0 Å². The summed E-state index contributed by atoms with van der Waals surface area (Å²) in [7, 11) is 0. The predicted molar refractivity (Wildman–Crippen MR) is 50.6 cm³/mol. The van der Waals surface area contributed by atoms with Crippen molar-refractivity contribution in [1.82, 2.24) is 0 Å². The van der Waals surface area contributed by atoms with Crippen LogP contribution in [0.1, 0.15) is 5.56 Å². The number of carbonyl (C=O) groups excluding carboxylic acids is 1. The van der Waals surface area contributed by atoms with Crippen molar-refractivity contribution in [2.45, 2.75) is 12.8 Å². The van der Waals surface area contributed by atoms with Gasteiger partial charge in [-0.05, 0) is 33.6 Å². The summed E-state index contributed by atoms with van der Waals surface area (Å²) in [6.45, 7) is 0. The Balaban J connectivity index is 2.95. The summed E-state index contributed by atoms with van der Waals surface area (Å²) in [6.07, 6.45) is -4.07. The van der Waals surface area contributed by atoms with Gasteiger partial charge in [0.15, 0.2) is 0 Å². The van der Waals surface area contributed by atoms with Crippen molar-refractivity contribution in [3.63, 3.8) is 0 Å². The smallest absolute Gasteiger partial charge is 0.405 e. The maximum atomic E-state index is 11.9. The van der Waals surface area contributed by atoms with Crippen LogP contribution >= 0.6 is 15.9 Å². The summed E-state index contributed by atoms with van der Waals surface area (Å²) in [5, 5.41) is 0. The van der Waals surface area contributed by atoms with Gasteiger partial charge in [0.2, 0.25) is 0 Å². The first kappa shape index (κ1) is 12.0.